The van der Waals surface area contributed by atoms with Crippen LogP contribution in [0.3, 0.4) is 0 Å². The van der Waals surface area contributed by atoms with Gasteiger partial charge in [-0.2, -0.15) is 0 Å². The SMILES string of the molecule is C[C@@H](OC(=O)c1c[nH]c2ccccc12)C(=O)Nc1ccc(OCc2ccccc2)cc1. The zero-order chi connectivity index (χ0) is 21.6. The molecule has 0 radical (unpaired) electrons. The average molecular weight is 414 g/mol. The van der Waals surface area contributed by atoms with Crippen molar-refractivity contribution in [1.29, 1.82) is 0 Å². The summed E-state index contributed by atoms with van der Waals surface area (Å²) in [6.07, 6.45) is 0.640. The zero-order valence-corrected chi connectivity index (χ0v) is 17.0. The maximum Gasteiger partial charge on any atom is 0.341 e. The van der Waals surface area contributed by atoms with Gasteiger partial charge < -0.3 is 19.8 Å². The van der Waals surface area contributed by atoms with E-state index in [4.69, 9.17) is 9.47 Å². The molecule has 0 saturated carbocycles. The molecule has 0 aliphatic heterocycles. The van der Waals surface area contributed by atoms with Crippen LogP contribution >= 0.6 is 0 Å². The van der Waals surface area contributed by atoms with Gasteiger partial charge in [-0.3, -0.25) is 4.79 Å². The summed E-state index contributed by atoms with van der Waals surface area (Å²) in [7, 11) is 0. The highest BCUT2D eigenvalue weighted by molar-refractivity contribution is 6.05. The second kappa shape index (κ2) is 9.17. The Hall–Kier alpha value is -4.06. The van der Waals surface area contributed by atoms with Crippen LogP contribution in [0.5, 0.6) is 5.75 Å². The summed E-state index contributed by atoms with van der Waals surface area (Å²) in [4.78, 5) is 28.0. The zero-order valence-electron chi connectivity index (χ0n) is 17.0. The molecule has 156 valence electrons. The molecule has 0 bridgehead atoms. The molecule has 3 aromatic carbocycles. The second-order valence-corrected chi connectivity index (χ2v) is 7.08. The van der Waals surface area contributed by atoms with Crippen molar-refractivity contribution in [3.63, 3.8) is 0 Å². The number of benzene rings is 3. The molecule has 31 heavy (non-hydrogen) atoms. The molecule has 6 nitrogen and oxygen atoms in total. The van der Waals surface area contributed by atoms with E-state index in [0.717, 1.165) is 16.5 Å². The number of esters is 1. The molecule has 0 aliphatic rings. The Morgan fingerprint density at radius 3 is 2.42 bits per heavy atom. The quantitative estimate of drug-likeness (QED) is 0.420. The Morgan fingerprint density at radius 1 is 0.935 bits per heavy atom. The van der Waals surface area contributed by atoms with Crippen LogP contribution in [0.4, 0.5) is 5.69 Å². The predicted octanol–water partition coefficient (Wildman–Crippen LogP) is 4.93. The molecule has 0 unspecified atom stereocenters. The molecule has 1 heterocycles. The van der Waals surface area contributed by atoms with E-state index in [1.165, 1.54) is 0 Å². The lowest BCUT2D eigenvalue weighted by molar-refractivity contribution is -0.123. The van der Waals surface area contributed by atoms with Crippen LogP contribution in [0.15, 0.2) is 85.1 Å². The number of aromatic amines is 1. The van der Waals surface area contributed by atoms with Crippen LogP contribution in [0, 0.1) is 0 Å². The van der Waals surface area contributed by atoms with Gasteiger partial charge in [-0.15, -0.1) is 0 Å². The molecule has 1 atom stereocenters. The number of rotatable bonds is 7. The van der Waals surface area contributed by atoms with E-state index in [0.29, 0.717) is 23.6 Å². The minimum atomic E-state index is -0.949. The highest BCUT2D eigenvalue weighted by Crippen LogP contribution is 2.20. The second-order valence-electron chi connectivity index (χ2n) is 7.08. The number of carbonyl (C=O) groups excluding carboxylic acids is 2. The number of para-hydroxylation sites is 1. The predicted molar refractivity (Wildman–Crippen MR) is 119 cm³/mol. The van der Waals surface area contributed by atoms with Gasteiger partial charge in [0.2, 0.25) is 0 Å². The third kappa shape index (κ3) is 4.93. The van der Waals surface area contributed by atoms with Gasteiger partial charge in [0.15, 0.2) is 6.10 Å². The number of fused-ring (bicyclic) bond motifs is 1. The maximum absolute atomic E-state index is 12.5. The molecular weight excluding hydrogens is 392 g/mol. The lowest BCUT2D eigenvalue weighted by Gasteiger charge is -2.14. The highest BCUT2D eigenvalue weighted by atomic mass is 16.5. The Balaban J connectivity index is 1.31. The minimum Gasteiger partial charge on any atom is -0.489 e. The van der Waals surface area contributed by atoms with E-state index in [1.54, 1.807) is 37.4 Å². The number of anilines is 1. The first-order valence-electron chi connectivity index (χ1n) is 9.95. The van der Waals surface area contributed by atoms with Crippen molar-refractivity contribution in [2.75, 3.05) is 5.32 Å². The first kappa shape index (κ1) is 20.2. The number of H-pyrrole nitrogens is 1. The van der Waals surface area contributed by atoms with Crippen molar-refractivity contribution < 1.29 is 19.1 Å². The Kier molecular flexibility index (Phi) is 5.98. The smallest absolute Gasteiger partial charge is 0.341 e. The van der Waals surface area contributed by atoms with E-state index in [2.05, 4.69) is 10.3 Å². The summed E-state index contributed by atoms with van der Waals surface area (Å²) >= 11 is 0. The van der Waals surface area contributed by atoms with Crippen LogP contribution < -0.4 is 10.1 Å². The van der Waals surface area contributed by atoms with Crippen molar-refractivity contribution >= 4 is 28.5 Å². The lowest BCUT2D eigenvalue weighted by atomic mass is 10.2. The molecule has 4 aromatic rings. The number of hydrogen-bond acceptors (Lipinski definition) is 4. The monoisotopic (exact) mass is 414 g/mol. The largest absolute Gasteiger partial charge is 0.489 e. The van der Waals surface area contributed by atoms with Crippen LogP contribution in [-0.2, 0) is 16.1 Å². The fourth-order valence-corrected chi connectivity index (χ4v) is 3.14. The van der Waals surface area contributed by atoms with Gasteiger partial charge in [-0.05, 0) is 42.8 Å². The summed E-state index contributed by atoms with van der Waals surface area (Å²) in [5.41, 5.74) is 2.90. The molecule has 0 fully saturated rings. The van der Waals surface area contributed by atoms with Crippen molar-refractivity contribution in [1.82, 2.24) is 4.98 Å². The Bertz CT molecular complexity index is 1180. The van der Waals surface area contributed by atoms with Crippen molar-refractivity contribution in [2.45, 2.75) is 19.6 Å². The van der Waals surface area contributed by atoms with E-state index >= 15 is 0 Å². The lowest BCUT2D eigenvalue weighted by Crippen LogP contribution is -2.29. The molecular formula is C25H22N2O4. The van der Waals surface area contributed by atoms with Gasteiger partial charge in [0, 0.05) is 22.8 Å². The first-order chi connectivity index (χ1) is 15.1. The fraction of sp³-hybridized carbons (Fsp3) is 0.120. The van der Waals surface area contributed by atoms with Crippen molar-refractivity contribution in [2.24, 2.45) is 0 Å². The van der Waals surface area contributed by atoms with E-state index < -0.39 is 18.0 Å². The van der Waals surface area contributed by atoms with Gasteiger partial charge in [0.25, 0.3) is 5.91 Å². The van der Waals surface area contributed by atoms with Crippen LogP contribution in [0.1, 0.15) is 22.8 Å². The number of amides is 1. The molecule has 1 amide bonds. The summed E-state index contributed by atoms with van der Waals surface area (Å²) in [6, 6.07) is 24.3. The van der Waals surface area contributed by atoms with Crippen LogP contribution in [-0.4, -0.2) is 23.0 Å². The van der Waals surface area contributed by atoms with Crippen LogP contribution in [0.2, 0.25) is 0 Å². The van der Waals surface area contributed by atoms with Crippen LogP contribution in [0.25, 0.3) is 10.9 Å². The van der Waals surface area contributed by atoms with E-state index in [9.17, 15) is 9.59 Å². The number of aromatic nitrogens is 1. The van der Waals surface area contributed by atoms with Crippen molar-refractivity contribution in [3.8, 4) is 5.75 Å². The van der Waals surface area contributed by atoms with Crippen molar-refractivity contribution in [3.05, 3.63) is 96.2 Å². The number of carbonyl (C=O) groups is 2. The number of ether oxygens (including phenoxy) is 2. The standard InChI is InChI=1S/C25H22N2O4/c1-17(31-25(29)22-15-26-23-10-6-5-9-21(22)23)24(28)27-19-11-13-20(14-12-19)30-16-18-7-3-2-4-8-18/h2-15,17,26H,16H2,1H3,(H,27,28)/t17-/m1/s1. The molecule has 2 N–H and O–H groups in total. The molecule has 6 heteroatoms. The molecule has 1 aromatic heterocycles. The molecule has 4 rings (SSSR count). The van der Waals surface area contributed by atoms with Gasteiger partial charge in [-0.25, -0.2) is 4.79 Å². The minimum absolute atomic E-state index is 0.398. The Morgan fingerprint density at radius 2 is 1.65 bits per heavy atom. The third-order valence-electron chi connectivity index (χ3n) is 4.83. The summed E-state index contributed by atoms with van der Waals surface area (Å²) in [5.74, 6) is -0.267. The Labute approximate surface area is 179 Å². The summed E-state index contributed by atoms with van der Waals surface area (Å²) in [5, 5.41) is 3.51. The molecule has 0 spiro atoms. The van der Waals surface area contributed by atoms with Gasteiger partial charge in [0.05, 0.1) is 5.56 Å². The average Bonchev–Trinajstić information content (AvgIpc) is 3.23. The van der Waals surface area contributed by atoms with E-state index in [1.807, 2.05) is 54.6 Å². The molecule has 0 saturated heterocycles. The topological polar surface area (TPSA) is 80.4 Å². The summed E-state index contributed by atoms with van der Waals surface area (Å²) in [6.45, 7) is 2.01. The maximum atomic E-state index is 12.5. The van der Waals surface area contributed by atoms with Gasteiger partial charge in [-0.1, -0.05) is 48.5 Å². The number of hydrogen-bond donors (Lipinski definition) is 2. The van der Waals surface area contributed by atoms with E-state index in [-0.39, 0.29) is 0 Å². The summed E-state index contributed by atoms with van der Waals surface area (Å²) < 4.78 is 11.1. The third-order valence-corrected chi connectivity index (χ3v) is 4.83. The fourth-order valence-electron chi connectivity index (χ4n) is 3.14. The normalized spacial score (nSPS) is 11.6. The highest BCUT2D eigenvalue weighted by Gasteiger charge is 2.21. The van der Waals surface area contributed by atoms with Gasteiger partial charge >= 0.3 is 5.97 Å². The molecule has 0 aliphatic carbocycles. The van der Waals surface area contributed by atoms with Gasteiger partial charge in [0.1, 0.15) is 12.4 Å². The number of nitrogens with one attached hydrogen (secondary N) is 2. The first-order valence-corrected chi connectivity index (χ1v) is 9.95.